The highest BCUT2D eigenvalue weighted by atomic mass is 16.5. The topological polar surface area (TPSA) is 59.6 Å². The van der Waals surface area contributed by atoms with Gasteiger partial charge in [-0.1, -0.05) is 6.92 Å². The molecule has 0 radical (unpaired) electrons. The third-order valence-corrected chi connectivity index (χ3v) is 3.10. The standard InChI is InChI=1S/C16H24N2O3/c1-5-17-13-9-21-14-8-11(6-7-12(13)14)20-10-15(19)18-16(2,3)4/h6-8,13,17H,5,9-10H2,1-4H3,(H,18,19). The van der Waals surface area contributed by atoms with Gasteiger partial charge in [0.15, 0.2) is 6.61 Å². The molecule has 21 heavy (non-hydrogen) atoms. The van der Waals surface area contributed by atoms with Crippen LogP contribution in [0.15, 0.2) is 18.2 Å². The summed E-state index contributed by atoms with van der Waals surface area (Å²) in [6.07, 6.45) is 0. The summed E-state index contributed by atoms with van der Waals surface area (Å²) in [5.74, 6) is 1.35. The number of carbonyl (C=O) groups excluding carboxylic acids is 1. The second-order valence-corrected chi connectivity index (χ2v) is 6.21. The van der Waals surface area contributed by atoms with Gasteiger partial charge < -0.3 is 20.1 Å². The van der Waals surface area contributed by atoms with Crippen LogP contribution < -0.4 is 20.1 Å². The lowest BCUT2D eigenvalue weighted by molar-refractivity contribution is -0.124. The van der Waals surface area contributed by atoms with E-state index in [-0.39, 0.29) is 24.1 Å². The summed E-state index contributed by atoms with van der Waals surface area (Å²) in [5.41, 5.74) is 0.893. The number of rotatable bonds is 5. The van der Waals surface area contributed by atoms with Gasteiger partial charge in [0.05, 0.1) is 6.04 Å². The molecule has 0 aliphatic carbocycles. The molecule has 0 spiro atoms. The van der Waals surface area contributed by atoms with Gasteiger partial charge in [0.25, 0.3) is 5.91 Å². The number of hydrogen-bond donors (Lipinski definition) is 2. The van der Waals surface area contributed by atoms with Crippen LogP contribution in [0.3, 0.4) is 0 Å². The van der Waals surface area contributed by atoms with E-state index in [9.17, 15) is 4.79 Å². The van der Waals surface area contributed by atoms with E-state index in [1.165, 1.54) is 0 Å². The number of likely N-dealkylation sites (N-methyl/N-ethyl adjacent to an activating group) is 1. The molecule has 0 bridgehead atoms. The van der Waals surface area contributed by atoms with Gasteiger partial charge in [-0.2, -0.15) is 0 Å². The molecule has 1 atom stereocenters. The van der Waals surface area contributed by atoms with Crippen LogP contribution in [-0.2, 0) is 4.79 Å². The Bertz CT molecular complexity index is 509. The van der Waals surface area contributed by atoms with E-state index in [2.05, 4.69) is 17.6 Å². The van der Waals surface area contributed by atoms with Crippen LogP contribution in [0.5, 0.6) is 11.5 Å². The molecule has 5 nitrogen and oxygen atoms in total. The maximum Gasteiger partial charge on any atom is 0.258 e. The summed E-state index contributed by atoms with van der Waals surface area (Å²) in [6, 6.07) is 5.95. The molecular formula is C16H24N2O3. The average Bonchev–Trinajstić information content (AvgIpc) is 2.78. The Hall–Kier alpha value is -1.75. The highest BCUT2D eigenvalue weighted by Gasteiger charge is 2.23. The van der Waals surface area contributed by atoms with E-state index in [0.717, 1.165) is 17.9 Å². The molecule has 0 saturated carbocycles. The minimum Gasteiger partial charge on any atom is -0.491 e. The fourth-order valence-electron chi connectivity index (χ4n) is 2.30. The first-order chi connectivity index (χ1) is 9.89. The van der Waals surface area contributed by atoms with Crippen LogP contribution >= 0.6 is 0 Å². The summed E-state index contributed by atoms with van der Waals surface area (Å²) in [4.78, 5) is 11.7. The lowest BCUT2D eigenvalue weighted by Crippen LogP contribution is -2.43. The highest BCUT2D eigenvalue weighted by molar-refractivity contribution is 5.78. The van der Waals surface area contributed by atoms with E-state index in [1.807, 2.05) is 39.0 Å². The molecule has 1 aromatic carbocycles. The zero-order chi connectivity index (χ0) is 15.5. The van der Waals surface area contributed by atoms with Crippen molar-refractivity contribution in [3.8, 4) is 11.5 Å². The van der Waals surface area contributed by atoms with Crippen molar-refractivity contribution in [2.24, 2.45) is 0 Å². The Morgan fingerprint density at radius 3 is 2.86 bits per heavy atom. The summed E-state index contributed by atoms with van der Waals surface area (Å²) < 4.78 is 11.2. The van der Waals surface area contributed by atoms with Gasteiger partial charge in [-0.05, 0) is 39.4 Å². The molecule has 0 fully saturated rings. The van der Waals surface area contributed by atoms with Crippen molar-refractivity contribution in [2.75, 3.05) is 19.8 Å². The number of amides is 1. The Morgan fingerprint density at radius 1 is 1.43 bits per heavy atom. The first-order valence-electron chi connectivity index (χ1n) is 7.33. The quantitative estimate of drug-likeness (QED) is 0.872. The van der Waals surface area contributed by atoms with Gasteiger partial charge in [-0.3, -0.25) is 4.79 Å². The summed E-state index contributed by atoms with van der Waals surface area (Å²) >= 11 is 0. The fraction of sp³-hybridized carbons (Fsp3) is 0.562. The van der Waals surface area contributed by atoms with E-state index in [0.29, 0.717) is 12.4 Å². The van der Waals surface area contributed by atoms with E-state index in [1.54, 1.807) is 0 Å². The minimum atomic E-state index is -0.249. The van der Waals surface area contributed by atoms with Gasteiger partial charge in [0.2, 0.25) is 0 Å². The number of hydrogen-bond acceptors (Lipinski definition) is 4. The van der Waals surface area contributed by atoms with Gasteiger partial charge in [0.1, 0.15) is 18.1 Å². The Kier molecular flexibility index (Phi) is 4.73. The summed E-state index contributed by atoms with van der Waals surface area (Å²) in [6.45, 7) is 9.44. The van der Waals surface area contributed by atoms with Crippen LogP contribution in [0.25, 0.3) is 0 Å². The number of fused-ring (bicyclic) bond motifs is 1. The van der Waals surface area contributed by atoms with Crippen molar-refractivity contribution in [3.63, 3.8) is 0 Å². The molecule has 0 aromatic heterocycles. The van der Waals surface area contributed by atoms with Gasteiger partial charge in [-0.25, -0.2) is 0 Å². The zero-order valence-electron chi connectivity index (χ0n) is 13.2. The highest BCUT2D eigenvalue weighted by Crippen LogP contribution is 2.35. The minimum absolute atomic E-state index is 0.00664. The molecule has 1 aromatic rings. The van der Waals surface area contributed by atoms with Gasteiger partial charge in [0, 0.05) is 17.2 Å². The Balaban J connectivity index is 1.93. The number of benzene rings is 1. The fourth-order valence-corrected chi connectivity index (χ4v) is 2.30. The third kappa shape index (κ3) is 4.36. The molecule has 1 heterocycles. The first kappa shape index (κ1) is 15.6. The van der Waals surface area contributed by atoms with Gasteiger partial charge in [-0.15, -0.1) is 0 Å². The molecule has 1 unspecified atom stereocenters. The third-order valence-electron chi connectivity index (χ3n) is 3.10. The monoisotopic (exact) mass is 292 g/mol. The molecule has 5 heteroatoms. The molecule has 1 amide bonds. The molecule has 1 aliphatic heterocycles. The van der Waals surface area contributed by atoms with Crippen LogP contribution in [0, 0.1) is 0 Å². The molecular weight excluding hydrogens is 268 g/mol. The Morgan fingerprint density at radius 2 is 2.19 bits per heavy atom. The van der Waals surface area contributed by atoms with Crippen molar-refractivity contribution in [2.45, 2.75) is 39.3 Å². The SMILES string of the molecule is CCNC1COc2cc(OCC(=O)NC(C)(C)C)ccc21. The maximum absolute atomic E-state index is 11.7. The molecule has 1 aliphatic rings. The smallest absolute Gasteiger partial charge is 0.258 e. The van der Waals surface area contributed by atoms with Crippen molar-refractivity contribution < 1.29 is 14.3 Å². The predicted molar refractivity (Wildman–Crippen MR) is 81.7 cm³/mol. The lowest BCUT2D eigenvalue weighted by atomic mass is 10.1. The average molecular weight is 292 g/mol. The zero-order valence-corrected chi connectivity index (χ0v) is 13.2. The molecule has 2 N–H and O–H groups in total. The summed E-state index contributed by atoms with van der Waals surface area (Å²) in [7, 11) is 0. The van der Waals surface area contributed by atoms with E-state index >= 15 is 0 Å². The van der Waals surface area contributed by atoms with Crippen LogP contribution in [-0.4, -0.2) is 31.2 Å². The second kappa shape index (κ2) is 6.35. The second-order valence-electron chi connectivity index (χ2n) is 6.21. The van der Waals surface area contributed by atoms with E-state index in [4.69, 9.17) is 9.47 Å². The predicted octanol–water partition coefficient (Wildman–Crippen LogP) is 2.02. The number of ether oxygens (including phenoxy) is 2. The molecule has 116 valence electrons. The van der Waals surface area contributed by atoms with Crippen molar-refractivity contribution in [3.05, 3.63) is 23.8 Å². The van der Waals surface area contributed by atoms with Crippen molar-refractivity contribution in [1.82, 2.24) is 10.6 Å². The van der Waals surface area contributed by atoms with E-state index < -0.39 is 0 Å². The Labute approximate surface area is 126 Å². The first-order valence-corrected chi connectivity index (χ1v) is 7.33. The van der Waals surface area contributed by atoms with Crippen LogP contribution in [0.1, 0.15) is 39.3 Å². The lowest BCUT2D eigenvalue weighted by Gasteiger charge is -2.20. The van der Waals surface area contributed by atoms with Crippen LogP contribution in [0.4, 0.5) is 0 Å². The maximum atomic E-state index is 11.7. The number of carbonyl (C=O) groups is 1. The van der Waals surface area contributed by atoms with Crippen LogP contribution in [0.2, 0.25) is 0 Å². The van der Waals surface area contributed by atoms with Crippen molar-refractivity contribution >= 4 is 5.91 Å². The molecule has 2 rings (SSSR count). The van der Waals surface area contributed by atoms with Gasteiger partial charge >= 0.3 is 0 Å². The normalized spacial score (nSPS) is 17.0. The number of nitrogens with one attached hydrogen (secondary N) is 2. The van der Waals surface area contributed by atoms with Crippen molar-refractivity contribution in [1.29, 1.82) is 0 Å². The molecule has 0 saturated heterocycles. The summed E-state index contributed by atoms with van der Waals surface area (Å²) in [5, 5.41) is 6.23. The largest absolute Gasteiger partial charge is 0.491 e.